The maximum atomic E-state index is 6.22. The molecule has 2 heterocycles. The van der Waals surface area contributed by atoms with Crippen LogP contribution < -0.4 is 5.73 Å². The molecule has 0 aliphatic rings. The number of nitrogens with zero attached hydrogens (tertiary/aromatic N) is 1. The summed E-state index contributed by atoms with van der Waals surface area (Å²) in [6.45, 7) is 0.722. The van der Waals surface area contributed by atoms with Gasteiger partial charge in [0.25, 0.3) is 0 Å². The van der Waals surface area contributed by atoms with Crippen LogP contribution in [0.4, 0.5) is 0 Å². The summed E-state index contributed by atoms with van der Waals surface area (Å²) in [5, 5.41) is 2.98. The molecule has 0 bridgehead atoms. The third-order valence-electron chi connectivity index (χ3n) is 4.26. The summed E-state index contributed by atoms with van der Waals surface area (Å²) in [4.78, 5) is 8.37. The first-order valence-corrected chi connectivity index (χ1v) is 9.32. The molecule has 2 aromatic heterocycles. The molecule has 2 aromatic carbocycles. The number of nitrogens with two attached hydrogens (primary N) is 1. The standard InChI is InChI=1S/C19H18ClN3S/c20-12-8-9-15-14(11-12)13(5-3-4-10-21)18(22-15)19-23-16-6-1-2-7-17(16)24-19/h1-2,6-9,11,22H,3-5,10,21H2. The van der Waals surface area contributed by atoms with E-state index in [1.165, 1.54) is 15.6 Å². The van der Waals surface area contributed by atoms with Crippen molar-refractivity contribution in [1.29, 1.82) is 0 Å². The van der Waals surface area contributed by atoms with Gasteiger partial charge in [0.2, 0.25) is 0 Å². The van der Waals surface area contributed by atoms with Gasteiger partial charge in [-0.05, 0) is 61.7 Å². The Bertz CT molecular complexity index is 969. The fourth-order valence-corrected chi connectivity index (χ4v) is 4.25. The molecule has 0 saturated heterocycles. The molecule has 0 unspecified atom stereocenters. The number of para-hydroxylation sites is 1. The third-order valence-corrected chi connectivity index (χ3v) is 5.55. The zero-order valence-electron chi connectivity index (χ0n) is 13.2. The van der Waals surface area contributed by atoms with Crippen LogP contribution in [0.1, 0.15) is 18.4 Å². The second kappa shape index (κ2) is 6.55. The molecule has 122 valence electrons. The summed E-state index contributed by atoms with van der Waals surface area (Å²) in [6.07, 6.45) is 3.06. The molecule has 3 N–H and O–H groups in total. The van der Waals surface area contributed by atoms with Crippen molar-refractivity contribution in [3.05, 3.63) is 53.1 Å². The fourth-order valence-electron chi connectivity index (χ4n) is 3.09. The van der Waals surface area contributed by atoms with Crippen LogP contribution in [0.25, 0.3) is 31.8 Å². The molecule has 0 aliphatic heterocycles. The Morgan fingerprint density at radius 1 is 1.12 bits per heavy atom. The lowest BCUT2D eigenvalue weighted by Crippen LogP contribution is -1.99. The van der Waals surface area contributed by atoms with E-state index in [0.29, 0.717) is 0 Å². The highest BCUT2D eigenvalue weighted by molar-refractivity contribution is 7.21. The molecule has 4 aromatic rings. The van der Waals surface area contributed by atoms with E-state index in [2.05, 4.69) is 23.2 Å². The Balaban J connectivity index is 1.87. The maximum absolute atomic E-state index is 6.22. The first-order valence-electron chi connectivity index (χ1n) is 8.12. The first kappa shape index (κ1) is 15.6. The van der Waals surface area contributed by atoms with Gasteiger partial charge in [0.05, 0.1) is 15.9 Å². The molecular weight excluding hydrogens is 338 g/mol. The van der Waals surface area contributed by atoms with Gasteiger partial charge >= 0.3 is 0 Å². The zero-order valence-corrected chi connectivity index (χ0v) is 14.8. The number of aromatic nitrogens is 2. The number of aryl methyl sites for hydroxylation is 1. The molecule has 5 heteroatoms. The number of unbranched alkanes of at least 4 members (excludes halogenated alkanes) is 1. The van der Waals surface area contributed by atoms with E-state index < -0.39 is 0 Å². The Kier molecular flexibility index (Phi) is 4.27. The normalized spacial score (nSPS) is 11.6. The molecule has 0 fully saturated rings. The van der Waals surface area contributed by atoms with Gasteiger partial charge in [-0.1, -0.05) is 23.7 Å². The van der Waals surface area contributed by atoms with Crippen LogP contribution in [0.2, 0.25) is 5.02 Å². The molecule has 0 saturated carbocycles. The number of H-pyrrole nitrogens is 1. The summed E-state index contributed by atoms with van der Waals surface area (Å²) in [6, 6.07) is 14.3. The molecular formula is C19H18ClN3S. The summed E-state index contributed by atoms with van der Waals surface area (Å²) in [5.74, 6) is 0. The SMILES string of the molecule is NCCCCc1c(-c2nc3ccccc3s2)[nH]c2ccc(Cl)cc12. The van der Waals surface area contributed by atoms with Crippen LogP contribution in [0.3, 0.4) is 0 Å². The van der Waals surface area contributed by atoms with Crippen LogP contribution in [-0.4, -0.2) is 16.5 Å². The molecule has 4 rings (SSSR count). The van der Waals surface area contributed by atoms with E-state index in [9.17, 15) is 0 Å². The van der Waals surface area contributed by atoms with Crippen molar-refractivity contribution in [2.24, 2.45) is 5.73 Å². The Morgan fingerprint density at radius 2 is 2.00 bits per heavy atom. The number of thiazole rings is 1. The average molecular weight is 356 g/mol. The van der Waals surface area contributed by atoms with Crippen molar-refractivity contribution >= 4 is 44.1 Å². The zero-order chi connectivity index (χ0) is 16.5. The van der Waals surface area contributed by atoms with E-state index in [-0.39, 0.29) is 0 Å². The van der Waals surface area contributed by atoms with Crippen LogP contribution in [0.15, 0.2) is 42.5 Å². The van der Waals surface area contributed by atoms with E-state index in [0.717, 1.165) is 52.6 Å². The second-order valence-corrected chi connectivity index (χ2v) is 7.37. The highest BCUT2D eigenvalue weighted by Gasteiger charge is 2.16. The lowest BCUT2D eigenvalue weighted by Gasteiger charge is -2.02. The van der Waals surface area contributed by atoms with Crippen molar-refractivity contribution in [2.75, 3.05) is 6.54 Å². The third kappa shape index (κ3) is 2.81. The van der Waals surface area contributed by atoms with E-state index in [1.54, 1.807) is 11.3 Å². The molecule has 0 atom stereocenters. The molecule has 0 aliphatic carbocycles. The molecule has 24 heavy (non-hydrogen) atoms. The molecule has 0 radical (unpaired) electrons. The average Bonchev–Trinajstić information content (AvgIpc) is 3.16. The number of fused-ring (bicyclic) bond motifs is 2. The molecule has 0 amide bonds. The van der Waals surface area contributed by atoms with Crippen LogP contribution in [0.5, 0.6) is 0 Å². The van der Waals surface area contributed by atoms with E-state index in [1.807, 2.05) is 24.3 Å². The first-order chi connectivity index (χ1) is 11.8. The lowest BCUT2D eigenvalue weighted by atomic mass is 10.0. The largest absolute Gasteiger partial charge is 0.352 e. The van der Waals surface area contributed by atoms with Gasteiger partial charge in [-0.3, -0.25) is 0 Å². The highest BCUT2D eigenvalue weighted by atomic mass is 35.5. The summed E-state index contributed by atoms with van der Waals surface area (Å²) in [5.41, 5.74) is 10.2. The quantitative estimate of drug-likeness (QED) is 0.472. The minimum absolute atomic E-state index is 0.722. The molecule has 3 nitrogen and oxygen atoms in total. The Morgan fingerprint density at radius 3 is 2.83 bits per heavy atom. The monoisotopic (exact) mass is 355 g/mol. The molecule has 0 spiro atoms. The summed E-state index contributed by atoms with van der Waals surface area (Å²) >= 11 is 7.95. The summed E-state index contributed by atoms with van der Waals surface area (Å²) < 4.78 is 1.21. The fraction of sp³-hybridized carbons (Fsp3) is 0.211. The topological polar surface area (TPSA) is 54.7 Å². The Hall–Kier alpha value is -1.88. The van der Waals surface area contributed by atoms with Crippen molar-refractivity contribution in [3.8, 4) is 10.7 Å². The van der Waals surface area contributed by atoms with Gasteiger partial charge in [0.1, 0.15) is 5.01 Å². The van der Waals surface area contributed by atoms with Crippen molar-refractivity contribution in [1.82, 2.24) is 9.97 Å². The predicted octanol–water partition coefficient (Wildman–Crippen LogP) is 5.38. The number of rotatable bonds is 5. The van der Waals surface area contributed by atoms with Gasteiger partial charge < -0.3 is 10.7 Å². The number of benzene rings is 2. The summed E-state index contributed by atoms with van der Waals surface area (Å²) in [7, 11) is 0. The van der Waals surface area contributed by atoms with Crippen molar-refractivity contribution in [2.45, 2.75) is 19.3 Å². The number of hydrogen-bond donors (Lipinski definition) is 2. The minimum Gasteiger partial charge on any atom is -0.352 e. The van der Waals surface area contributed by atoms with Gasteiger partial charge in [0, 0.05) is 15.9 Å². The number of hydrogen-bond acceptors (Lipinski definition) is 3. The van der Waals surface area contributed by atoms with Gasteiger partial charge in [-0.25, -0.2) is 4.98 Å². The van der Waals surface area contributed by atoms with E-state index >= 15 is 0 Å². The van der Waals surface area contributed by atoms with Gasteiger partial charge in [-0.2, -0.15) is 0 Å². The minimum atomic E-state index is 0.722. The Labute approximate surface area is 149 Å². The number of aromatic amines is 1. The number of nitrogens with one attached hydrogen (secondary N) is 1. The van der Waals surface area contributed by atoms with E-state index in [4.69, 9.17) is 22.3 Å². The van der Waals surface area contributed by atoms with Crippen molar-refractivity contribution in [3.63, 3.8) is 0 Å². The maximum Gasteiger partial charge on any atom is 0.141 e. The van der Waals surface area contributed by atoms with Crippen LogP contribution >= 0.6 is 22.9 Å². The van der Waals surface area contributed by atoms with Crippen LogP contribution in [-0.2, 0) is 6.42 Å². The second-order valence-electron chi connectivity index (χ2n) is 5.90. The predicted molar refractivity (Wildman–Crippen MR) is 104 cm³/mol. The van der Waals surface area contributed by atoms with Gasteiger partial charge in [-0.15, -0.1) is 11.3 Å². The number of halogens is 1. The smallest absolute Gasteiger partial charge is 0.141 e. The van der Waals surface area contributed by atoms with Crippen LogP contribution in [0, 0.1) is 0 Å². The highest BCUT2D eigenvalue weighted by Crippen LogP contribution is 2.36. The van der Waals surface area contributed by atoms with Gasteiger partial charge in [0.15, 0.2) is 0 Å². The van der Waals surface area contributed by atoms with Crippen molar-refractivity contribution < 1.29 is 0 Å². The lowest BCUT2D eigenvalue weighted by molar-refractivity contribution is 0.748.